The second-order valence-electron chi connectivity index (χ2n) is 8.21. The summed E-state index contributed by atoms with van der Waals surface area (Å²) in [6, 6.07) is 2.69. The van der Waals surface area contributed by atoms with E-state index in [9.17, 15) is 10.1 Å². The molecule has 1 N–H and O–H groups in total. The predicted octanol–water partition coefficient (Wildman–Crippen LogP) is 3.53. The molecule has 0 unspecified atom stereocenters. The van der Waals surface area contributed by atoms with Crippen LogP contribution in [0.25, 0.3) is 0 Å². The number of amides is 1. The van der Waals surface area contributed by atoms with Gasteiger partial charge in [-0.1, -0.05) is 19.3 Å². The Morgan fingerprint density at radius 3 is 2.41 bits per heavy atom. The Labute approximate surface area is 162 Å². The minimum atomic E-state index is -0.0534. The molecule has 1 aromatic rings. The van der Waals surface area contributed by atoms with E-state index >= 15 is 0 Å². The number of carbonyl (C=O) groups is 1. The van der Waals surface area contributed by atoms with E-state index in [-0.39, 0.29) is 18.1 Å². The van der Waals surface area contributed by atoms with Crippen LogP contribution in [-0.2, 0) is 9.53 Å². The highest BCUT2D eigenvalue weighted by molar-refractivity contribution is 5.93. The Morgan fingerprint density at radius 1 is 1.19 bits per heavy atom. The van der Waals surface area contributed by atoms with Gasteiger partial charge >= 0.3 is 0 Å². The summed E-state index contributed by atoms with van der Waals surface area (Å²) in [5, 5.41) is 12.8. The lowest BCUT2D eigenvalue weighted by Crippen LogP contribution is -2.48. The van der Waals surface area contributed by atoms with Crippen molar-refractivity contribution in [1.82, 2.24) is 9.47 Å². The molecule has 2 heterocycles. The van der Waals surface area contributed by atoms with Crippen LogP contribution in [0.3, 0.4) is 0 Å². The number of carbonyl (C=O) groups excluding carboxylic acids is 1. The molecule has 0 bridgehead atoms. The monoisotopic (exact) mass is 372 g/mol. The fraction of sp³-hybridized carbons (Fsp3) is 0.714. The molecule has 0 radical (unpaired) electrons. The number of hydrogen-bond acceptors (Lipinski definition) is 4. The molecule has 2 fully saturated rings. The summed E-state index contributed by atoms with van der Waals surface area (Å²) in [5.74, 6) is 0.640. The Hall–Kier alpha value is -1.84. The minimum absolute atomic E-state index is 0.0534. The van der Waals surface area contributed by atoms with Gasteiger partial charge in [-0.15, -0.1) is 0 Å². The van der Waals surface area contributed by atoms with Gasteiger partial charge in [0.1, 0.15) is 11.9 Å². The maximum absolute atomic E-state index is 12.8. The Morgan fingerprint density at radius 2 is 1.81 bits per heavy atom. The lowest BCUT2D eigenvalue weighted by Gasteiger charge is -2.34. The smallest absolute Gasteiger partial charge is 0.239 e. The van der Waals surface area contributed by atoms with Gasteiger partial charge in [0.05, 0.1) is 24.3 Å². The SMILES string of the molecule is Cc1c(C#N)c(NC(=O)CN2C[C@H](C)O[C@@H](C)C2)n(C2CCCCC2)c1C. The van der Waals surface area contributed by atoms with E-state index in [1.165, 1.54) is 19.3 Å². The summed E-state index contributed by atoms with van der Waals surface area (Å²) in [6.45, 7) is 9.95. The molecule has 1 saturated heterocycles. The number of aromatic nitrogens is 1. The van der Waals surface area contributed by atoms with Gasteiger partial charge in [-0.25, -0.2) is 0 Å². The fourth-order valence-corrected chi connectivity index (χ4v) is 4.67. The number of hydrogen-bond donors (Lipinski definition) is 1. The summed E-state index contributed by atoms with van der Waals surface area (Å²) in [7, 11) is 0. The zero-order valence-corrected chi connectivity index (χ0v) is 17.0. The van der Waals surface area contributed by atoms with E-state index in [0.29, 0.717) is 24.0 Å². The van der Waals surface area contributed by atoms with Gasteiger partial charge < -0.3 is 14.6 Å². The topological polar surface area (TPSA) is 70.3 Å². The first kappa shape index (κ1) is 19.9. The van der Waals surface area contributed by atoms with Crippen molar-refractivity contribution in [1.29, 1.82) is 5.26 Å². The summed E-state index contributed by atoms with van der Waals surface area (Å²) >= 11 is 0. The van der Waals surface area contributed by atoms with Crippen LogP contribution in [0.4, 0.5) is 5.82 Å². The number of ether oxygens (including phenoxy) is 1. The third-order valence-electron chi connectivity index (χ3n) is 5.93. The van der Waals surface area contributed by atoms with Crippen molar-refractivity contribution in [3.63, 3.8) is 0 Å². The van der Waals surface area contributed by atoms with E-state index in [1.54, 1.807) is 0 Å². The van der Waals surface area contributed by atoms with Crippen LogP contribution in [0.1, 0.15) is 68.8 Å². The van der Waals surface area contributed by atoms with Crippen molar-refractivity contribution in [3.05, 3.63) is 16.8 Å². The van der Waals surface area contributed by atoms with E-state index < -0.39 is 0 Å². The number of nitrogens with zero attached hydrogens (tertiary/aromatic N) is 3. The second-order valence-corrected chi connectivity index (χ2v) is 8.21. The molecule has 1 aromatic heterocycles. The largest absolute Gasteiger partial charge is 0.373 e. The van der Waals surface area contributed by atoms with Crippen LogP contribution in [0.15, 0.2) is 0 Å². The molecule has 0 spiro atoms. The summed E-state index contributed by atoms with van der Waals surface area (Å²) < 4.78 is 7.97. The number of nitriles is 1. The van der Waals surface area contributed by atoms with Crippen LogP contribution >= 0.6 is 0 Å². The molecule has 2 atom stereocenters. The van der Waals surface area contributed by atoms with Crippen molar-refractivity contribution in [2.45, 2.75) is 78.0 Å². The van der Waals surface area contributed by atoms with Crippen LogP contribution < -0.4 is 5.32 Å². The number of nitrogens with one attached hydrogen (secondary N) is 1. The van der Waals surface area contributed by atoms with E-state index in [0.717, 1.165) is 37.2 Å². The first-order valence-electron chi connectivity index (χ1n) is 10.2. The number of morpholine rings is 1. The highest BCUT2D eigenvalue weighted by Gasteiger charge is 2.28. The Kier molecular flexibility index (Phi) is 6.23. The quantitative estimate of drug-likeness (QED) is 0.878. The second kappa shape index (κ2) is 8.45. The van der Waals surface area contributed by atoms with Gasteiger partial charge in [-0.2, -0.15) is 5.26 Å². The lowest BCUT2D eigenvalue weighted by molar-refractivity contribution is -0.121. The normalized spacial score (nSPS) is 24.6. The zero-order chi connectivity index (χ0) is 19.6. The van der Waals surface area contributed by atoms with Crippen molar-refractivity contribution in [2.75, 3.05) is 25.0 Å². The molecule has 148 valence electrons. The summed E-state index contributed by atoms with van der Waals surface area (Å²) in [5.41, 5.74) is 2.68. The van der Waals surface area contributed by atoms with Crippen LogP contribution in [0.2, 0.25) is 0 Å². The van der Waals surface area contributed by atoms with E-state index in [2.05, 4.69) is 27.8 Å². The Balaban J connectivity index is 1.79. The maximum Gasteiger partial charge on any atom is 0.239 e. The highest BCUT2D eigenvalue weighted by Crippen LogP contribution is 2.36. The van der Waals surface area contributed by atoms with Gasteiger partial charge in [0.2, 0.25) is 5.91 Å². The predicted molar refractivity (Wildman–Crippen MR) is 106 cm³/mol. The molecule has 6 nitrogen and oxygen atoms in total. The molecule has 1 aliphatic carbocycles. The van der Waals surface area contributed by atoms with Gasteiger partial charge in [-0.3, -0.25) is 9.69 Å². The van der Waals surface area contributed by atoms with E-state index in [1.807, 2.05) is 20.8 Å². The standard InChI is InChI=1S/C21H32N4O2/c1-14-11-24(12-15(2)27-14)13-20(26)23-21-19(10-22)16(3)17(4)25(21)18-8-6-5-7-9-18/h14-15,18H,5-9,11-13H2,1-4H3,(H,23,26)/t14-,15-/m0/s1. The molecule has 27 heavy (non-hydrogen) atoms. The minimum Gasteiger partial charge on any atom is -0.373 e. The third-order valence-corrected chi connectivity index (χ3v) is 5.93. The molecule has 6 heteroatoms. The summed E-state index contributed by atoms with van der Waals surface area (Å²) in [6.07, 6.45) is 6.18. The van der Waals surface area contributed by atoms with Gasteiger partial charge in [0.25, 0.3) is 0 Å². The first-order valence-corrected chi connectivity index (χ1v) is 10.2. The summed E-state index contributed by atoms with van der Waals surface area (Å²) in [4.78, 5) is 14.9. The van der Waals surface area contributed by atoms with Crippen molar-refractivity contribution in [2.24, 2.45) is 0 Å². The molecule has 0 aromatic carbocycles. The molecular formula is C21H32N4O2. The average Bonchev–Trinajstić information content (AvgIpc) is 2.84. The fourth-order valence-electron chi connectivity index (χ4n) is 4.67. The van der Waals surface area contributed by atoms with Crippen molar-refractivity contribution < 1.29 is 9.53 Å². The van der Waals surface area contributed by atoms with Crippen molar-refractivity contribution in [3.8, 4) is 6.07 Å². The van der Waals surface area contributed by atoms with Gasteiger partial charge in [0.15, 0.2) is 0 Å². The molecule has 3 rings (SSSR count). The van der Waals surface area contributed by atoms with Crippen LogP contribution in [-0.4, -0.2) is 47.2 Å². The van der Waals surface area contributed by atoms with Gasteiger partial charge in [0, 0.05) is 24.8 Å². The van der Waals surface area contributed by atoms with Gasteiger partial charge in [-0.05, 0) is 46.1 Å². The van der Waals surface area contributed by atoms with Crippen molar-refractivity contribution >= 4 is 11.7 Å². The molecule has 1 saturated carbocycles. The van der Waals surface area contributed by atoms with Crippen LogP contribution in [0, 0.1) is 25.2 Å². The van der Waals surface area contributed by atoms with Crippen LogP contribution in [0.5, 0.6) is 0 Å². The number of rotatable bonds is 4. The lowest BCUT2D eigenvalue weighted by atomic mass is 9.95. The first-order chi connectivity index (χ1) is 12.9. The maximum atomic E-state index is 12.8. The highest BCUT2D eigenvalue weighted by atomic mass is 16.5. The molecule has 1 amide bonds. The number of anilines is 1. The molecular weight excluding hydrogens is 340 g/mol. The molecule has 2 aliphatic rings. The zero-order valence-electron chi connectivity index (χ0n) is 17.0. The third kappa shape index (κ3) is 4.36. The molecule has 1 aliphatic heterocycles. The average molecular weight is 373 g/mol. The Bertz CT molecular complexity index is 718. The van der Waals surface area contributed by atoms with E-state index in [4.69, 9.17) is 4.74 Å².